The van der Waals surface area contributed by atoms with Crippen molar-refractivity contribution in [3.8, 4) is 16.8 Å². The van der Waals surface area contributed by atoms with Gasteiger partial charge in [0.05, 0.1) is 11.9 Å². The van der Waals surface area contributed by atoms with Crippen molar-refractivity contribution >= 4 is 5.84 Å². The minimum Gasteiger partial charge on any atom is -0.384 e. The molecule has 0 bridgehead atoms. The Kier molecular flexibility index (Phi) is 3.28. The predicted octanol–water partition coefficient (Wildman–Crippen LogP) is 3.13. The Morgan fingerprint density at radius 1 is 1.10 bits per heavy atom. The van der Waals surface area contributed by atoms with Crippen LogP contribution in [0.4, 0.5) is 0 Å². The molecule has 0 aliphatic heterocycles. The first-order chi connectivity index (χ1) is 10.1. The summed E-state index contributed by atoms with van der Waals surface area (Å²) in [7, 11) is 0. The van der Waals surface area contributed by atoms with E-state index >= 15 is 0 Å². The second-order valence-electron chi connectivity index (χ2n) is 4.97. The van der Waals surface area contributed by atoms with E-state index in [-0.39, 0.29) is 5.84 Å². The van der Waals surface area contributed by atoms with Gasteiger partial charge in [-0.15, -0.1) is 0 Å². The fourth-order valence-corrected chi connectivity index (χ4v) is 2.29. The zero-order valence-corrected chi connectivity index (χ0v) is 11.7. The first-order valence-corrected chi connectivity index (χ1v) is 6.70. The van der Waals surface area contributed by atoms with E-state index in [0.717, 1.165) is 22.4 Å². The molecule has 1 aromatic heterocycles. The van der Waals surface area contributed by atoms with Crippen LogP contribution in [0, 0.1) is 12.3 Å². The SMILES string of the molecule is Cc1ccc(C(=N)N)c(-n2cc(-c3ccccc3)cn2)c1. The molecule has 0 fully saturated rings. The summed E-state index contributed by atoms with van der Waals surface area (Å²) in [5.74, 6) is 0.0433. The van der Waals surface area contributed by atoms with E-state index in [4.69, 9.17) is 11.1 Å². The number of rotatable bonds is 3. The molecular weight excluding hydrogens is 260 g/mol. The van der Waals surface area contributed by atoms with E-state index < -0.39 is 0 Å². The largest absolute Gasteiger partial charge is 0.384 e. The van der Waals surface area contributed by atoms with Crippen molar-refractivity contribution in [2.24, 2.45) is 5.73 Å². The minimum atomic E-state index is 0.0433. The van der Waals surface area contributed by atoms with Crippen LogP contribution in [0.25, 0.3) is 16.8 Å². The van der Waals surface area contributed by atoms with Crippen LogP contribution in [0.5, 0.6) is 0 Å². The van der Waals surface area contributed by atoms with Crippen LogP contribution in [0.2, 0.25) is 0 Å². The van der Waals surface area contributed by atoms with Crippen LogP contribution in [-0.2, 0) is 0 Å². The molecule has 3 N–H and O–H groups in total. The van der Waals surface area contributed by atoms with E-state index in [2.05, 4.69) is 5.10 Å². The number of nitrogens with one attached hydrogen (secondary N) is 1. The number of aromatic nitrogens is 2. The maximum absolute atomic E-state index is 7.70. The van der Waals surface area contributed by atoms with E-state index in [0.29, 0.717) is 5.56 Å². The number of amidine groups is 1. The molecule has 3 rings (SSSR count). The van der Waals surface area contributed by atoms with Gasteiger partial charge in [-0.25, -0.2) is 4.68 Å². The zero-order chi connectivity index (χ0) is 14.8. The van der Waals surface area contributed by atoms with E-state index in [1.807, 2.05) is 67.8 Å². The van der Waals surface area contributed by atoms with Crippen molar-refractivity contribution in [1.82, 2.24) is 9.78 Å². The molecule has 0 unspecified atom stereocenters. The lowest BCUT2D eigenvalue weighted by Gasteiger charge is -2.09. The molecule has 104 valence electrons. The Morgan fingerprint density at radius 2 is 1.86 bits per heavy atom. The van der Waals surface area contributed by atoms with Gasteiger partial charge in [0.1, 0.15) is 5.84 Å². The van der Waals surface area contributed by atoms with Crippen LogP contribution in [-0.4, -0.2) is 15.6 Å². The van der Waals surface area contributed by atoms with Crippen molar-refractivity contribution in [2.45, 2.75) is 6.92 Å². The van der Waals surface area contributed by atoms with Gasteiger partial charge in [0.25, 0.3) is 0 Å². The van der Waals surface area contributed by atoms with Crippen LogP contribution in [0.3, 0.4) is 0 Å². The van der Waals surface area contributed by atoms with Crippen molar-refractivity contribution in [3.05, 3.63) is 72.1 Å². The summed E-state index contributed by atoms with van der Waals surface area (Å²) in [5.41, 5.74) is 10.4. The summed E-state index contributed by atoms with van der Waals surface area (Å²) in [4.78, 5) is 0. The monoisotopic (exact) mass is 276 g/mol. The normalized spacial score (nSPS) is 10.5. The highest BCUT2D eigenvalue weighted by molar-refractivity contribution is 5.98. The van der Waals surface area contributed by atoms with Gasteiger partial charge in [0.2, 0.25) is 0 Å². The second-order valence-corrected chi connectivity index (χ2v) is 4.97. The molecule has 1 heterocycles. The smallest absolute Gasteiger partial charge is 0.124 e. The molecule has 0 amide bonds. The summed E-state index contributed by atoms with van der Waals surface area (Å²) < 4.78 is 1.77. The minimum absolute atomic E-state index is 0.0433. The maximum Gasteiger partial charge on any atom is 0.124 e. The second kappa shape index (κ2) is 5.25. The highest BCUT2D eigenvalue weighted by Crippen LogP contribution is 2.22. The summed E-state index contributed by atoms with van der Waals surface area (Å²) in [6, 6.07) is 15.9. The van der Waals surface area contributed by atoms with Gasteiger partial charge in [-0.2, -0.15) is 5.10 Å². The third kappa shape index (κ3) is 2.56. The third-order valence-corrected chi connectivity index (χ3v) is 3.38. The molecule has 4 heteroatoms. The number of benzene rings is 2. The molecule has 0 saturated carbocycles. The number of nitrogens with zero attached hydrogens (tertiary/aromatic N) is 2. The lowest BCUT2D eigenvalue weighted by Crippen LogP contribution is -2.15. The average molecular weight is 276 g/mol. The first-order valence-electron chi connectivity index (χ1n) is 6.70. The standard InChI is InChI=1S/C17H16N4/c1-12-7-8-15(17(18)19)16(9-12)21-11-14(10-20-21)13-5-3-2-4-6-13/h2-11H,1H3,(H3,18,19). The summed E-state index contributed by atoms with van der Waals surface area (Å²) in [6.45, 7) is 2.01. The van der Waals surface area contributed by atoms with Crippen LogP contribution in [0.15, 0.2) is 60.9 Å². The Bertz CT molecular complexity index is 788. The van der Waals surface area contributed by atoms with E-state index in [9.17, 15) is 0 Å². The molecule has 4 nitrogen and oxygen atoms in total. The Morgan fingerprint density at radius 3 is 2.57 bits per heavy atom. The topological polar surface area (TPSA) is 67.7 Å². The van der Waals surface area contributed by atoms with Crippen molar-refractivity contribution < 1.29 is 0 Å². The molecule has 0 atom stereocenters. The van der Waals surface area contributed by atoms with Crippen molar-refractivity contribution in [1.29, 1.82) is 5.41 Å². The molecule has 0 saturated heterocycles. The fraction of sp³-hybridized carbons (Fsp3) is 0.0588. The molecular formula is C17H16N4. The number of hydrogen-bond acceptors (Lipinski definition) is 2. The highest BCUT2D eigenvalue weighted by atomic mass is 15.3. The number of aryl methyl sites for hydroxylation is 1. The zero-order valence-electron chi connectivity index (χ0n) is 11.7. The molecule has 0 radical (unpaired) electrons. The van der Waals surface area contributed by atoms with Gasteiger partial charge in [-0.05, 0) is 30.2 Å². The quantitative estimate of drug-likeness (QED) is 0.570. The first kappa shape index (κ1) is 13.1. The third-order valence-electron chi connectivity index (χ3n) is 3.38. The van der Waals surface area contributed by atoms with Gasteiger partial charge in [0.15, 0.2) is 0 Å². The van der Waals surface area contributed by atoms with E-state index in [1.165, 1.54) is 0 Å². The van der Waals surface area contributed by atoms with Gasteiger partial charge < -0.3 is 5.73 Å². The lowest BCUT2D eigenvalue weighted by molar-refractivity contribution is 0.876. The van der Waals surface area contributed by atoms with E-state index in [1.54, 1.807) is 4.68 Å². The molecule has 3 aromatic rings. The lowest BCUT2D eigenvalue weighted by atomic mass is 10.1. The Hall–Kier alpha value is -2.88. The fourth-order valence-electron chi connectivity index (χ4n) is 2.29. The maximum atomic E-state index is 7.70. The molecule has 21 heavy (non-hydrogen) atoms. The number of nitrogens with two attached hydrogens (primary N) is 1. The Balaban J connectivity index is 2.08. The molecule has 2 aromatic carbocycles. The van der Waals surface area contributed by atoms with Crippen molar-refractivity contribution in [2.75, 3.05) is 0 Å². The molecule has 0 spiro atoms. The van der Waals surface area contributed by atoms with Crippen molar-refractivity contribution in [3.63, 3.8) is 0 Å². The number of hydrogen-bond donors (Lipinski definition) is 2. The van der Waals surface area contributed by atoms with Crippen LogP contribution < -0.4 is 5.73 Å². The Labute approximate surface area is 123 Å². The summed E-state index contributed by atoms with van der Waals surface area (Å²) in [5, 5.41) is 12.1. The molecule has 0 aliphatic rings. The van der Waals surface area contributed by atoms with Crippen LogP contribution >= 0.6 is 0 Å². The highest BCUT2D eigenvalue weighted by Gasteiger charge is 2.10. The van der Waals surface area contributed by atoms with Gasteiger partial charge in [0, 0.05) is 17.3 Å². The van der Waals surface area contributed by atoms with Gasteiger partial charge >= 0.3 is 0 Å². The average Bonchev–Trinajstić information content (AvgIpc) is 2.97. The summed E-state index contributed by atoms with van der Waals surface area (Å²) >= 11 is 0. The van der Waals surface area contributed by atoms with Gasteiger partial charge in [-0.3, -0.25) is 5.41 Å². The summed E-state index contributed by atoms with van der Waals surface area (Å²) in [6.07, 6.45) is 3.78. The van der Waals surface area contributed by atoms with Gasteiger partial charge in [-0.1, -0.05) is 36.4 Å². The van der Waals surface area contributed by atoms with Crippen LogP contribution in [0.1, 0.15) is 11.1 Å². The predicted molar refractivity (Wildman–Crippen MR) is 84.8 cm³/mol. The molecule has 0 aliphatic carbocycles. The number of nitrogen functional groups attached to an aromatic ring is 1.